The van der Waals surface area contributed by atoms with E-state index in [1.165, 1.54) is 0 Å². The van der Waals surface area contributed by atoms with Gasteiger partial charge in [0.1, 0.15) is 5.56 Å². The molecule has 0 spiro atoms. The fourth-order valence-electron chi connectivity index (χ4n) is 1.86. The summed E-state index contributed by atoms with van der Waals surface area (Å²) in [5.74, 6) is -1.07. The predicted octanol–water partition coefficient (Wildman–Crippen LogP) is 1.97. The van der Waals surface area contributed by atoms with Gasteiger partial charge in [0.05, 0.1) is 5.69 Å². The maximum Gasteiger partial charge on any atom is 0.341 e. The second kappa shape index (κ2) is 3.93. The molecule has 1 heterocycles. The molecule has 2 rings (SSSR count). The molecular formula is C12H13N3O2. The number of benzene rings is 1. The molecule has 0 atom stereocenters. The lowest BCUT2D eigenvalue weighted by atomic mass is 10.0. The van der Waals surface area contributed by atoms with Crippen molar-refractivity contribution in [3.05, 3.63) is 34.9 Å². The van der Waals surface area contributed by atoms with E-state index in [-0.39, 0.29) is 11.4 Å². The first-order valence-corrected chi connectivity index (χ1v) is 5.15. The van der Waals surface area contributed by atoms with Crippen LogP contribution in [0, 0.1) is 13.8 Å². The van der Waals surface area contributed by atoms with Crippen LogP contribution in [0.4, 0.5) is 5.82 Å². The number of nitrogen functional groups attached to an aromatic ring is 1. The maximum atomic E-state index is 11.1. The number of H-pyrrole nitrogens is 1. The smallest absolute Gasteiger partial charge is 0.341 e. The Morgan fingerprint density at radius 2 is 2.12 bits per heavy atom. The van der Waals surface area contributed by atoms with Crippen LogP contribution in [-0.4, -0.2) is 21.3 Å². The summed E-state index contributed by atoms with van der Waals surface area (Å²) in [6.07, 6.45) is 0. The number of aromatic amines is 1. The van der Waals surface area contributed by atoms with E-state index in [2.05, 4.69) is 10.2 Å². The third-order valence-corrected chi connectivity index (χ3v) is 2.66. The summed E-state index contributed by atoms with van der Waals surface area (Å²) in [6.45, 7) is 3.90. The topological polar surface area (TPSA) is 92.0 Å². The average molecular weight is 231 g/mol. The number of nitrogens with two attached hydrogens (primary N) is 1. The summed E-state index contributed by atoms with van der Waals surface area (Å²) in [5.41, 5.74) is 8.92. The molecule has 0 unspecified atom stereocenters. The number of hydrogen-bond acceptors (Lipinski definition) is 3. The normalized spacial score (nSPS) is 10.5. The van der Waals surface area contributed by atoms with E-state index >= 15 is 0 Å². The summed E-state index contributed by atoms with van der Waals surface area (Å²) in [5, 5.41) is 15.5. The Balaban J connectivity index is 2.65. The number of nitrogens with one attached hydrogen (secondary N) is 1. The minimum Gasteiger partial charge on any atom is -0.477 e. The molecule has 88 valence electrons. The SMILES string of the molecule is Cc1ccc(-c2[nH]nc(N)c2C(=O)O)c(C)c1. The number of aromatic nitrogens is 2. The van der Waals surface area contributed by atoms with Crippen molar-refractivity contribution in [3.63, 3.8) is 0 Å². The first-order chi connectivity index (χ1) is 8.00. The van der Waals surface area contributed by atoms with Gasteiger partial charge in [0, 0.05) is 5.56 Å². The van der Waals surface area contributed by atoms with E-state index in [9.17, 15) is 4.79 Å². The van der Waals surface area contributed by atoms with Crippen molar-refractivity contribution < 1.29 is 9.90 Å². The lowest BCUT2D eigenvalue weighted by Crippen LogP contribution is -2.02. The van der Waals surface area contributed by atoms with Crippen LogP contribution in [0.5, 0.6) is 0 Å². The van der Waals surface area contributed by atoms with Gasteiger partial charge in [0.15, 0.2) is 5.82 Å². The predicted molar refractivity (Wildman–Crippen MR) is 64.9 cm³/mol. The minimum absolute atomic E-state index is 0.00692. The van der Waals surface area contributed by atoms with Gasteiger partial charge in [0.2, 0.25) is 0 Å². The van der Waals surface area contributed by atoms with Crippen LogP contribution in [0.3, 0.4) is 0 Å². The van der Waals surface area contributed by atoms with Gasteiger partial charge in [-0.25, -0.2) is 4.79 Å². The lowest BCUT2D eigenvalue weighted by molar-refractivity contribution is 0.0699. The number of rotatable bonds is 2. The number of carboxylic acids is 1. The Bertz CT molecular complexity index is 587. The van der Waals surface area contributed by atoms with Crippen molar-refractivity contribution in [1.82, 2.24) is 10.2 Å². The Labute approximate surface area is 98.3 Å². The van der Waals surface area contributed by atoms with E-state index in [1.54, 1.807) is 0 Å². The number of aromatic carboxylic acids is 1. The highest BCUT2D eigenvalue weighted by Crippen LogP contribution is 2.28. The second-order valence-electron chi connectivity index (χ2n) is 3.98. The molecule has 0 saturated heterocycles. The fraction of sp³-hybridized carbons (Fsp3) is 0.167. The molecule has 1 aromatic carbocycles. The van der Waals surface area contributed by atoms with Gasteiger partial charge in [-0.05, 0) is 19.4 Å². The van der Waals surface area contributed by atoms with Gasteiger partial charge in [-0.2, -0.15) is 5.10 Å². The van der Waals surface area contributed by atoms with Gasteiger partial charge >= 0.3 is 5.97 Å². The summed E-state index contributed by atoms with van der Waals surface area (Å²) >= 11 is 0. The molecule has 0 bridgehead atoms. The summed E-state index contributed by atoms with van der Waals surface area (Å²) in [4.78, 5) is 11.1. The summed E-state index contributed by atoms with van der Waals surface area (Å²) in [6, 6.07) is 5.77. The molecule has 2 aromatic rings. The Hall–Kier alpha value is -2.30. The van der Waals surface area contributed by atoms with Crippen molar-refractivity contribution in [1.29, 1.82) is 0 Å². The molecule has 4 N–H and O–H groups in total. The van der Waals surface area contributed by atoms with Crippen LogP contribution < -0.4 is 5.73 Å². The first kappa shape index (κ1) is 11.2. The van der Waals surface area contributed by atoms with Crippen molar-refractivity contribution in [2.75, 3.05) is 5.73 Å². The van der Waals surface area contributed by atoms with Crippen LogP contribution in [0.25, 0.3) is 11.3 Å². The Morgan fingerprint density at radius 1 is 1.41 bits per heavy atom. The van der Waals surface area contributed by atoms with E-state index < -0.39 is 5.97 Å². The summed E-state index contributed by atoms with van der Waals surface area (Å²) < 4.78 is 0. The Morgan fingerprint density at radius 3 is 2.71 bits per heavy atom. The number of aryl methyl sites for hydroxylation is 2. The van der Waals surface area contributed by atoms with Gasteiger partial charge < -0.3 is 10.8 Å². The highest BCUT2D eigenvalue weighted by Gasteiger charge is 2.19. The zero-order valence-electron chi connectivity index (χ0n) is 9.61. The molecule has 0 saturated carbocycles. The number of carboxylic acid groups (broad SMARTS) is 1. The number of nitrogens with zero attached hydrogens (tertiary/aromatic N) is 1. The largest absolute Gasteiger partial charge is 0.477 e. The van der Waals surface area contributed by atoms with E-state index in [4.69, 9.17) is 10.8 Å². The fourth-order valence-corrected chi connectivity index (χ4v) is 1.86. The molecule has 0 amide bonds. The maximum absolute atomic E-state index is 11.1. The highest BCUT2D eigenvalue weighted by molar-refractivity contribution is 5.99. The summed E-state index contributed by atoms with van der Waals surface area (Å²) in [7, 11) is 0. The lowest BCUT2D eigenvalue weighted by Gasteiger charge is -2.05. The van der Waals surface area contributed by atoms with Crippen LogP contribution >= 0.6 is 0 Å². The highest BCUT2D eigenvalue weighted by atomic mass is 16.4. The van der Waals surface area contributed by atoms with E-state index in [1.807, 2.05) is 32.0 Å². The third-order valence-electron chi connectivity index (χ3n) is 2.66. The van der Waals surface area contributed by atoms with Crippen LogP contribution in [0.15, 0.2) is 18.2 Å². The molecule has 0 fully saturated rings. The van der Waals surface area contributed by atoms with Crippen LogP contribution in [0.2, 0.25) is 0 Å². The third kappa shape index (κ3) is 1.87. The van der Waals surface area contributed by atoms with Gasteiger partial charge in [-0.15, -0.1) is 0 Å². The molecule has 5 nitrogen and oxygen atoms in total. The van der Waals surface area contributed by atoms with E-state index in [0.29, 0.717) is 5.69 Å². The standard InChI is InChI=1S/C12H13N3O2/c1-6-3-4-8(7(2)5-6)10-9(12(16)17)11(13)15-14-10/h3-5H,1-2H3,(H,16,17)(H3,13,14,15). The molecule has 0 radical (unpaired) electrons. The number of hydrogen-bond donors (Lipinski definition) is 3. The monoisotopic (exact) mass is 231 g/mol. The quantitative estimate of drug-likeness (QED) is 0.736. The first-order valence-electron chi connectivity index (χ1n) is 5.15. The molecular weight excluding hydrogens is 218 g/mol. The molecule has 0 aliphatic carbocycles. The molecule has 0 aliphatic heterocycles. The van der Waals surface area contributed by atoms with Crippen molar-refractivity contribution in [2.24, 2.45) is 0 Å². The van der Waals surface area contributed by atoms with Gasteiger partial charge in [0.25, 0.3) is 0 Å². The van der Waals surface area contributed by atoms with Gasteiger partial charge in [-0.1, -0.05) is 23.8 Å². The minimum atomic E-state index is -1.08. The molecule has 17 heavy (non-hydrogen) atoms. The van der Waals surface area contributed by atoms with Crippen LogP contribution in [-0.2, 0) is 0 Å². The van der Waals surface area contributed by atoms with Crippen molar-refractivity contribution in [2.45, 2.75) is 13.8 Å². The van der Waals surface area contributed by atoms with Crippen molar-refractivity contribution >= 4 is 11.8 Å². The molecule has 0 aliphatic rings. The number of anilines is 1. The number of carbonyl (C=O) groups is 1. The van der Waals surface area contributed by atoms with Gasteiger partial charge in [-0.3, -0.25) is 5.10 Å². The zero-order valence-corrected chi connectivity index (χ0v) is 9.61. The average Bonchev–Trinajstić information content (AvgIpc) is 2.60. The Kier molecular flexibility index (Phi) is 2.59. The van der Waals surface area contributed by atoms with E-state index in [0.717, 1.165) is 16.7 Å². The molecule has 5 heteroatoms. The second-order valence-corrected chi connectivity index (χ2v) is 3.98. The molecule has 1 aromatic heterocycles. The zero-order chi connectivity index (χ0) is 12.6. The van der Waals surface area contributed by atoms with Crippen molar-refractivity contribution in [3.8, 4) is 11.3 Å². The van der Waals surface area contributed by atoms with Crippen LogP contribution in [0.1, 0.15) is 21.5 Å².